The fraction of sp³-hybridized carbons (Fsp3) is 0.357. The van der Waals surface area contributed by atoms with Crippen LogP contribution in [0.4, 0.5) is 5.69 Å². The first-order chi connectivity index (χ1) is 8.81. The molecule has 2 heterocycles. The van der Waals surface area contributed by atoms with Gasteiger partial charge in [-0.3, -0.25) is 4.68 Å². The minimum absolute atomic E-state index is 0.318. The topological polar surface area (TPSA) is 53.1 Å². The summed E-state index contributed by atoms with van der Waals surface area (Å²) in [6.45, 7) is 1.72. The molecule has 1 aromatic carbocycles. The number of benzene rings is 1. The van der Waals surface area contributed by atoms with E-state index in [9.17, 15) is 0 Å². The standard InChI is InChI=1S/C14H17N3O/c15-13-4-1-3-11(7-13)12-8-16-17(9-12)10-14-5-2-6-18-14/h1,3-4,7-9,14H,2,5-6,10,15H2. The van der Waals surface area contributed by atoms with Gasteiger partial charge in [0.15, 0.2) is 0 Å². The second-order valence-corrected chi connectivity index (χ2v) is 4.71. The molecule has 0 spiro atoms. The van der Waals surface area contributed by atoms with E-state index in [1.807, 2.05) is 35.1 Å². The summed E-state index contributed by atoms with van der Waals surface area (Å²) in [6, 6.07) is 7.86. The Kier molecular flexibility index (Phi) is 3.02. The van der Waals surface area contributed by atoms with Gasteiger partial charge >= 0.3 is 0 Å². The lowest BCUT2D eigenvalue weighted by Gasteiger charge is -2.08. The predicted molar refractivity (Wildman–Crippen MR) is 71.0 cm³/mol. The summed E-state index contributed by atoms with van der Waals surface area (Å²) in [6.07, 6.45) is 6.54. The minimum atomic E-state index is 0.318. The van der Waals surface area contributed by atoms with Gasteiger partial charge in [0, 0.05) is 24.1 Å². The average Bonchev–Trinajstić information content (AvgIpc) is 3.01. The highest BCUT2D eigenvalue weighted by atomic mass is 16.5. The molecule has 1 aliphatic heterocycles. The monoisotopic (exact) mass is 243 g/mol. The molecule has 1 fully saturated rings. The lowest BCUT2D eigenvalue weighted by Crippen LogP contribution is -2.14. The molecule has 94 valence electrons. The van der Waals surface area contributed by atoms with E-state index in [-0.39, 0.29) is 0 Å². The third-order valence-corrected chi connectivity index (χ3v) is 3.27. The Morgan fingerprint density at radius 1 is 1.39 bits per heavy atom. The van der Waals surface area contributed by atoms with E-state index in [2.05, 4.69) is 11.3 Å². The molecule has 3 rings (SSSR count). The Morgan fingerprint density at radius 3 is 3.11 bits per heavy atom. The number of anilines is 1. The lowest BCUT2D eigenvalue weighted by molar-refractivity contribution is 0.0940. The molecule has 18 heavy (non-hydrogen) atoms. The number of nitrogens with zero attached hydrogens (tertiary/aromatic N) is 2. The third-order valence-electron chi connectivity index (χ3n) is 3.27. The van der Waals surface area contributed by atoms with Crippen LogP contribution in [0.5, 0.6) is 0 Å². The molecule has 1 aromatic heterocycles. The molecule has 1 saturated heterocycles. The Morgan fingerprint density at radius 2 is 2.33 bits per heavy atom. The van der Waals surface area contributed by atoms with Crippen molar-refractivity contribution in [2.24, 2.45) is 0 Å². The van der Waals surface area contributed by atoms with Gasteiger partial charge in [-0.05, 0) is 30.5 Å². The molecule has 1 aliphatic rings. The van der Waals surface area contributed by atoms with Crippen LogP contribution in [0.25, 0.3) is 11.1 Å². The van der Waals surface area contributed by atoms with Crippen molar-refractivity contribution in [3.05, 3.63) is 36.7 Å². The van der Waals surface area contributed by atoms with E-state index in [4.69, 9.17) is 10.5 Å². The Bertz CT molecular complexity index is 529. The number of rotatable bonds is 3. The van der Waals surface area contributed by atoms with Gasteiger partial charge in [0.1, 0.15) is 0 Å². The van der Waals surface area contributed by atoms with Crippen molar-refractivity contribution >= 4 is 5.69 Å². The van der Waals surface area contributed by atoms with Crippen molar-refractivity contribution in [1.29, 1.82) is 0 Å². The van der Waals surface area contributed by atoms with Gasteiger partial charge in [-0.2, -0.15) is 5.10 Å². The Hall–Kier alpha value is -1.81. The maximum absolute atomic E-state index is 5.79. The Balaban J connectivity index is 1.76. The molecule has 0 radical (unpaired) electrons. The summed E-state index contributed by atoms with van der Waals surface area (Å²) in [5.41, 5.74) is 8.77. The molecule has 0 bridgehead atoms. The molecule has 2 N–H and O–H groups in total. The van der Waals surface area contributed by atoms with Crippen molar-refractivity contribution in [2.45, 2.75) is 25.5 Å². The summed E-state index contributed by atoms with van der Waals surface area (Å²) in [5, 5.41) is 4.38. The highest BCUT2D eigenvalue weighted by Crippen LogP contribution is 2.21. The van der Waals surface area contributed by atoms with E-state index < -0.39 is 0 Å². The zero-order chi connectivity index (χ0) is 12.4. The van der Waals surface area contributed by atoms with Gasteiger partial charge in [-0.25, -0.2) is 0 Å². The number of hydrogen-bond acceptors (Lipinski definition) is 3. The number of hydrogen-bond donors (Lipinski definition) is 1. The largest absolute Gasteiger partial charge is 0.399 e. The summed E-state index contributed by atoms with van der Waals surface area (Å²) >= 11 is 0. The van der Waals surface area contributed by atoms with Gasteiger partial charge in [0.05, 0.1) is 18.8 Å². The maximum atomic E-state index is 5.79. The first-order valence-electron chi connectivity index (χ1n) is 6.31. The van der Waals surface area contributed by atoms with E-state index in [1.165, 1.54) is 0 Å². The Labute approximate surface area is 106 Å². The molecule has 1 atom stereocenters. The zero-order valence-electron chi connectivity index (χ0n) is 10.2. The minimum Gasteiger partial charge on any atom is -0.399 e. The van der Waals surface area contributed by atoms with Crippen LogP contribution in [-0.2, 0) is 11.3 Å². The second kappa shape index (κ2) is 4.82. The maximum Gasteiger partial charge on any atom is 0.0771 e. The van der Waals surface area contributed by atoms with Crippen LogP contribution in [-0.4, -0.2) is 22.5 Å². The lowest BCUT2D eigenvalue weighted by atomic mass is 10.1. The average molecular weight is 243 g/mol. The van der Waals surface area contributed by atoms with Gasteiger partial charge < -0.3 is 10.5 Å². The highest BCUT2D eigenvalue weighted by Gasteiger charge is 2.16. The van der Waals surface area contributed by atoms with Crippen molar-refractivity contribution in [3.63, 3.8) is 0 Å². The second-order valence-electron chi connectivity index (χ2n) is 4.71. The van der Waals surface area contributed by atoms with E-state index in [0.717, 1.165) is 42.8 Å². The van der Waals surface area contributed by atoms with E-state index in [1.54, 1.807) is 0 Å². The molecular weight excluding hydrogens is 226 g/mol. The SMILES string of the molecule is Nc1cccc(-c2cnn(CC3CCCO3)c2)c1. The molecule has 0 saturated carbocycles. The van der Waals surface area contributed by atoms with Crippen LogP contribution in [0.3, 0.4) is 0 Å². The zero-order valence-corrected chi connectivity index (χ0v) is 10.2. The normalized spacial score (nSPS) is 19.2. The molecule has 0 aliphatic carbocycles. The van der Waals surface area contributed by atoms with Crippen LogP contribution < -0.4 is 5.73 Å². The molecular formula is C14H17N3O. The van der Waals surface area contributed by atoms with Crippen LogP contribution in [0.15, 0.2) is 36.7 Å². The summed E-state index contributed by atoms with van der Waals surface area (Å²) in [7, 11) is 0. The highest BCUT2D eigenvalue weighted by molar-refractivity contribution is 5.65. The summed E-state index contributed by atoms with van der Waals surface area (Å²) in [5.74, 6) is 0. The van der Waals surface area contributed by atoms with Crippen LogP contribution in [0.1, 0.15) is 12.8 Å². The number of aromatic nitrogens is 2. The van der Waals surface area contributed by atoms with Gasteiger partial charge in [0.25, 0.3) is 0 Å². The van der Waals surface area contributed by atoms with Gasteiger partial charge in [-0.1, -0.05) is 12.1 Å². The molecule has 0 amide bonds. The predicted octanol–water partition coefficient (Wildman–Crippen LogP) is 2.31. The van der Waals surface area contributed by atoms with Crippen molar-refractivity contribution in [2.75, 3.05) is 12.3 Å². The van der Waals surface area contributed by atoms with Gasteiger partial charge in [-0.15, -0.1) is 0 Å². The van der Waals surface area contributed by atoms with Crippen LogP contribution >= 0.6 is 0 Å². The fourth-order valence-corrected chi connectivity index (χ4v) is 2.33. The van der Waals surface area contributed by atoms with Crippen molar-refractivity contribution in [3.8, 4) is 11.1 Å². The first-order valence-corrected chi connectivity index (χ1v) is 6.31. The number of ether oxygens (including phenoxy) is 1. The van der Waals surface area contributed by atoms with Crippen LogP contribution in [0.2, 0.25) is 0 Å². The van der Waals surface area contributed by atoms with Crippen molar-refractivity contribution < 1.29 is 4.74 Å². The number of nitrogens with two attached hydrogens (primary N) is 1. The van der Waals surface area contributed by atoms with E-state index in [0.29, 0.717) is 6.10 Å². The quantitative estimate of drug-likeness (QED) is 0.842. The first kappa shape index (κ1) is 11.3. The summed E-state index contributed by atoms with van der Waals surface area (Å²) < 4.78 is 7.56. The molecule has 4 nitrogen and oxygen atoms in total. The number of nitrogen functional groups attached to an aromatic ring is 1. The smallest absolute Gasteiger partial charge is 0.0771 e. The molecule has 1 unspecified atom stereocenters. The molecule has 2 aromatic rings. The van der Waals surface area contributed by atoms with Crippen molar-refractivity contribution in [1.82, 2.24) is 9.78 Å². The fourth-order valence-electron chi connectivity index (χ4n) is 2.33. The van der Waals surface area contributed by atoms with Crippen LogP contribution in [0, 0.1) is 0 Å². The van der Waals surface area contributed by atoms with E-state index >= 15 is 0 Å². The molecule has 4 heteroatoms. The van der Waals surface area contributed by atoms with Gasteiger partial charge in [0.2, 0.25) is 0 Å². The summed E-state index contributed by atoms with van der Waals surface area (Å²) in [4.78, 5) is 0. The third kappa shape index (κ3) is 2.38.